The number of benzene rings is 2. The van der Waals surface area contributed by atoms with Gasteiger partial charge in [-0.05, 0) is 30.3 Å². The quantitative estimate of drug-likeness (QED) is 0.848. The standard InChI is InChI=1S/C15H11ClFNO4/c16-9-5-6-13(19)10(7-9)15(21)22-8-14(20)18-12-4-2-1-3-11(12)17/h1-7,19H,8H2,(H,18,20). The van der Waals surface area contributed by atoms with Crippen LogP contribution in [0.2, 0.25) is 5.02 Å². The first-order valence-electron chi connectivity index (χ1n) is 6.17. The fourth-order valence-electron chi connectivity index (χ4n) is 1.63. The number of hydrogen-bond acceptors (Lipinski definition) is 4. The summed E-state index contributed by atoms with van der Waals surface area (Å²) in [5, 5.41) is 12.0. The molecule has 0 atom stereocenters. The van der Waals surface area contributed by atoms with Gasteiger partial charge in [0.1, 0.15) is 17.1 Å². The molecule has 7 heteroatoms. The molecule has 0 aliphatic heterocycles. The van der Waals surface area contributed by atoms with E-state index in [4.69, 9.17) is 16.3 Å². The summed E-state index contributed by atoms with van der Waals surface area (Å²) in [6.45, 7) is -0.626. The van der Waals surface area contributed by atoms with E-state index in [-0.39, 0.29) is 22.0 Å². The Hall–Kier alpha value is -2.60. The summed E-state index contributed by atoms with van der Waals surface area (Å²) in [7, 11) is 0. The molecule has 2 N–H and O–H groups in total. The molecule has 22 heavy (non-hydrogen) atoms. The number of carbonyl (C=O) groups excluding carboxylic acids is 2. The van der Waals surface area contributed by atoms with Crippen molar-refractivity contribution in [2.24, 2.45) is 0 Å². The zero-order chi connectivity index (χ0) is 16.1. The predicted octanol–water partition coefficient (Wildman–Crippen LogP) is 2.98. The van der Waals surface area contributed by atoms with Crippen molar-refractivity contribution in [1.29, 1.82) is 0 Å². The molecule has 0 bridgehead atoms. The van der Waals surface area contributed by atoms with E-state index < -0.39 is 24.3 Å². The maximum atomic E-state index is 13.3. The highest BCUT2D eigenvalue weighted by Gasteiger charge is 2.15. The van der Waals surface area contributed by atoms with Crippen LogP contribution in [0.25, 0.3) is 0 Å². The van der Waals surface area contributed by atoms with Crippen LogP contribution in [0.1, 0.15) is 10.4 Å². The van der Waals surface area contributed by atoms with E-state index in [0.29, 0.717) is 0 Å². The molecule has 114 valence electrons. The average molecular weight is 324 g/mol. The molecule has 0 radical (unpaired) electrons. The van der Waals surface area contributed by atoms with Crippen LogP contribution >= 0.6 is 11.6 Å². The second-order valence-electron chi connectivity index (χ2n) is 4.27. The van der Waals surface area contributed by atoms with Crippen LogP contribution < -0.4 is 5.32 Å². The minimum atomic E-state index is -0.913. The van der Waals surface area contributed by atoms with Crippen molar-refractivity contribution in [3.8, 4) is 5.75 Å². The molecular formula is C15H11ClFNO4. The number of halogens is 2. The van der Waals surface area contributed by atoms with Crippen molar-refractivity contribution >= 4 is 29.2 Å². The number of rotatable bonds is 4. The first-order chi connectivity index (χ1) is 10.5. The Morgan fingerprint density at radius 3 is 2.68 bits per heavy atom. The molecule has 0 heterocycles. The number of hydrogen-bond donors (Lipinski definition) is 2. The molecule has 1 amide bonds. The van der Waals surface area contributed by atoms with Gasteiger partial charge < -0.3 is 15.2 Å². The lowest BCUT2D eigenvalue weighted by Gasteiger charge is -2.08. The van der Waals surface area contributed by atoms with E-state index >= 15 is 0 Å². The van der Waals surface area contributed by atoms with Crippen molar-refractivity contribution < 1.29 is 23.8 Å². The van der Waals surface area contributed by atoms with E-state index in [1.54, 1.807) is 6.07 Å². The maximum Gasteiger partial charge on any atom is 0.342 e. The van der Waals surface area contributed by atoms with Crippen molar-refractivity contribution in [2.75, 3.05) is 11.9 Å². The summed E-state index contributed by atoms with van der Waals surface area (Å²) in [5.74, 6) is -2.54. The number of aromatic hydroxyl groups is 1. The molecule has 2 aromatic rings. The van der Waals surface area contributed by atoms with Crippen LogP contribution in [0, 0.1) is 5.82 Å². The molecular weight excluding hydrogens is 313 g/mol. The highest BCUT2D eigenvalue weighted by Crippen LogP contribution is 2.22. The smallest absolute Gasteiger partial charge is 0.342 e. The second-order valence-corrected chi connectivity index (χ2v) is 4.70. The number of carbonyl (C=O) groups is 2. The van der Waals surface area contributed by atoms with Gasteiger partial charge in [-0.3, -0.25) is 4.79 Å². The third-order valence-electron chi connectivity index (χ3n) is 2.66. The highest BCUT2D eigenvalue weighted by atomic mass is 35.5. The van der Waals surface area contributed by atoms with Crippen molar-refractivity contribution in [3.63, 3.8) is 0 Å². The average Bonchev–Trinajstić information content (AvgIpc) is 2.49. The Balaban J connectivity index is 1.95. The molecule has 2 rings (SSSR count). The van der Waals surface area contributed by atoms with Gasteiger partial charge in [0.05, 0.1) is 5.69 Å². The van der Waals surface area contributed by atoms with Crippen molar-refractivity contribution in [2.45, 2.75) is 0 Å². The first-order valence-corrected chi connectivity index (χ1v) is 6.55. The minimum Gasteiger partial charge on any atom is -0.507 e. The number of phenols is 1. The van der Waals surface area contributed by atoms with Crippen LogP contribution in [0.5, 0.6) is 5.75 Å². The second kappa shape index (κ2) is 6.91. The number of phenolic OH excluding ortho intramolecular Hbond substituents is 1. The number of anilines is 1. The van der Waals surface area contributed by atoms with Crippen molar-refractivity contribution in [3.05, 3.63) is 58.9 Å². The normalized spacial score (nSPS) is 10.1. The van der Waals surface area contributed by atoms with Gasteiger partial charge in [0.2, 0.25) is 0 Å². The summed E-state index contributed by atoms with van der Waals surface area (Å²) >= 11 is 5.71. The number of nitrogens with one attached hydrogen (secondary N) is 1. The predicted molar refractivity (Wildman–Crippen MR) is 78.4 cm³/mol. The van der Waals surface area contributed by atoms with Gasteiger partial charge in [0.25, 0.3) is 5.91 Å². The lowest BCUT2D eigenvalue weighted by atomic mass is 10.2. The fourth-order valence-corrected chi connectivity index (χ4v) is 1.80. The number of para-hydroxylation sites is 1. The van der Waals surface area contributed by atoms with E-state index in [2.05, 4.69) is 5.32 Å². The third kappa shape index (κ3) is 3.95. The van der Waals surface area contributed by atoms with Gasteiger partial charge in [-0.2, -0.15) is 0 Å². The zero-order valence-electron chi connectivity index (χ0n) is 11.2. The Labute approximate surface area is 130 Å². The van der Waals surface area contributed by atoms with Gasteiger partial charge in [-0.15, -0.1) is 0 Å². The lowest BCUT2D eigenvalue weighted by Crippen LogP contribution is -2.21. The maximum absolute atomic E-state index is 13.3. The molecule has 0 aliphatic carbocycles. The number of amides is 1. The molecule has 0 spiro atoms. The molecule has 0 aliphatic rings. The van der Waals surface area contributed by atoms with Gasteiger partial charge in [-0.25, -0.2) is 9.18 Å². The Bertz CT molecular complexity index is 720. The topological polar surface area (TPSA) is 75.6 Å². The van der Waals surface area contributed by atoms with Crippen LogP contribution in [0.15, 0.2) is 42.5 Å². The van der Waals surface area contributed by atoms with Crippen LogP contribution in [-0.4, -0.2) is 23.6 Å². The number of esters is 1. The van der Waals surface area contributed by atoms with Crippen LogP contribution in [0.4, 0.5) is 10.1 Å². The summed E-state index contributed by atoms with van der Waals surface area (Å²) < 4.78 is 18.1. The van der Waals surface area contributed by atoms with Gasteiger partial charge in [-0.1, -0.05) is 23.7 Å². The molecule has 0 unspecified atom stereocenters. The van der Waals surface area contributed by atoms with Crippen LogP contribution in [-0.2, 0) is 9.53 Å². The van der Waals surface area contributed by atoms with E-state index in [1.165, 1.54) is 36.4 Å². The van der Waals surface area contributed by atoms with E-state index in [0.717, 1.165) is 0 Å². The van der Waals surface area contributed by atoms with Gasteiger partial charge in [0.15, 0.2) is 6.61 Å². The fraction of sp³-hybridized carbons (Fsp3) is 0.0667. The Kier molecular flexibility index (Phi) is 4.95. The first kappa shape index (κ1) is 15.8. The van der Waals surface area contributed by atoms with E-state index in [1.807, 2.05) is 0 Å². The summed E-state index contributed by atoms with van der Waals surface area (Å²) in [6.07, 6.45) is 0. The Morgan fingerprint density at radius 1 is 1.23 bits per heavy atom. The third-order valence-corrected chi connectivity index (χ3v) is 2.90. The largest absolute Gasteiger partial charge is 0.507 e. The SMILES string of the molecule is O=C(COC(=O)c1cc(Cl)ccc1O)Nc1ccccc1F. The lowest BCUT2D eigenvalue weighted by molar-refractivity contribution is -0.119. The highest BCUT2D eigenvalue weighted by molar-refractivity contribution is 6.31. The molecule has 0 saturated heterocycles. The molecule has 0 aromatic heterocycles. The molecule has 2 aromatic carbocycles. The minimum absolute atomic E-state index is 0.0193. The monoisotopic (exact) mass is 323 g/mol. The molecule has 0 fully saturated rings. The van der Waals surface area contributed by atoms with Gasteiger partial charge in [0, 0.05) is 5.02 Å². The molecule has 5 nitrogen and oxygen atoms in total. The molecule has 0 saturated carbocycles. The number of ether oxygens (including phenoxy) is 1. The van der Waals surface area contributed by atoms with Crippen LogP contribution in [0.3, 0.4) is 0 Å². The Morgan fingerprint density at radius 2 is 1.95 bits per heavy atom. The summed E-state index contributed by atoms with van der Waals surface area (Å²) in [4.78, 5) is 23.4. The van der Waals surface area contributed by atoms with E-state index in [9.17, 15) is 19.1 Å². The zero-order valence-corrected chi connectivity index (χ0v) is 11.9. The van der Waals surface area contributed by atoms with Crippen molar-refractivity contribution in [1.82, 2.24) is 0 Å². The summed E-state index contributed by atoms with van der Waals surface area (Å²) in [6, 6.07) is 9.44. The summed E-state index contributed by atoms with van der Waals surface area (Å²) in [5.41, 5.74) is -0.180. The van der Waals surface area contributed by atoms with Gasteiger partial charge >= 0.3 is 5.97 Å².